The molecule has 2 fully saturated rings. The van der Waals surface area contributed by atoms with Crippen molar-refractivity contribution in [1.29, 1.82) is 0 Å². The van der Waals surface area contributed by atoms with Crippen LogP contribution >= 0.6 is 0 Å². The number of hydrogen-bond donors (Lipinski definition) is 3. The average Bonchev–Trinajstić information content (AvgIpc) is 2.45. The molecule has 4 unspecified atom stereocenters. The number of carbonyl (C=O) groups excluding carboxylic acids is 1. The Morgan fingerprint density at radius 1 is 1.47 bits per heavy atom. The van der Waals surface area contributed by atoms with Crippen molar-refractivity contribution < 1.29 is 9.53 Å². The second kappa shape index (κ2) is 4.79. The van der Waals surface area contributed by atoms with E-state index in [-0.39, 0.29) is 18.2 Å². The molecule has 1 saturated carbocycles. The molecule has 1 aliphatic heterocycles. The van der Waals surface area contributed by atoms with E-state index < -0.39 is 5.91 Å². The second-order valence-corrected chi connectivity index (χ2v) is 5.19. The van der Waals surface area contributed by atoms with Gasteiger partial charge >= 0.3 is 0 Å². The fourth-order valence-corrected chi connectivity index (χ4v) is 2.92. The number of hydrogen-bond acceptors (Lipinski definition) is 5. The van der Waals surface area contributed by atoms with Crippen LogP contribution in [0.5, 0.6) is 0 Å². The molecule has 4 atom stereocenters. The lowest BCUT2D eigenvalue weighted by atomic mass is 9.68. The number of nitrogens with zero attached hydrogens (tertiary/aromatic N) is 1. The Labute approximate surface area is 111 Å². The number of nitrogens with one attached hydrogen (secondary N) is 1. The van der Waals surface area contributed by atoms with Gasteiger partial charge in [-0.25, -0.2) is 4.98 Å². The summed E-state index contributed by atoms with van der Waals surface area (Å²) >= 11 is 0. The number of anilines is 1. The van der Waals surface area contributed by atoms with E-state index in [1.54, 1.807) is 12.1 Å². The molecule has 0 radical (unpaired) electrons. The lowest BCUT2D eigenvalue weighted by Gasteiger charge is -2.52. The normalized spacial score (nSPS) is 33.1. The second-order valence-electron chi connectivity index (χ2n) is 5.19. The van der Waals surface area contributed by atoms with Crippen molar-refractivity contribution in [2.24, 2.45) is 17.4 Å². The predicted octanol–water partition coefficient (Wildman–Crippen LogP) is 0.0971. The maximum Gasteiger partial charge on any atom is 0.250 e. The first kappa shape index (κ1) is 12.4. The van der Waals surface area contributed by atoms with Crippen LogP contribution in [0.15, 0.2) is 18.3 Å². The van der Waals surface area contributed by atoms with Crippen molar-refractivity contribution in [2.45, 2.75) is 31.0 Å². The summed E-state index contributed by atoms with van der Waals surface area (Å²) in [6.45, 7) is 0.806. The highest BCUT2D eigenvalue weighted by atomic mass is 16.5. The van der Waals surface area contributed by atoms with E-state index in [0.717, 1.165) is 19.4 Å². The van der Waals surface area contributed by atoms with E-state index in [1.165, 1.54) is 6.20 Å². The number of amides is 1. The van der Waals surface area contributed by atoms with E-state index in [1.807, 2.05) is 0 Å². The standard InChI is InChI=1S/C13H18N4O2/c14-10-8-2-1-5-19-12(8)11(10)17-9-4-3-7(6-16-9)13(15)18/h3-4,6,8,10-12H,1-2,5,14H2,(H2,15,18)(H,16,17). The van der Waals surface area contributed by atoms with Crippen LogP contribution in [0, 0.1) is 5.92 Å². The lowest BCUT2D eigenvalue weighted by molar-refractivity contribution is -0.104. The summed E-state index contributed by atoms with van der Waals surface area (Å²) in [5.74, 6) is 0.671. The summed E-state index contributed by atoms with van der Waals surface area (Å²) in [4.78, 5) is 15.1. The minimum Gasteiger partial charge on any atom is -0.376 e. The predicted molar refractivity (Wildman–Crippen MR) is 70.6 cm³/mol. The largest absolute Gasteiger partial charge is 0.376 e. The molecular formula is C13H18N4O2. The first-order chi connectivity index (χ1) is 9.16. The summed E-state index contributed by atoms with van der Waals surface area (Å²) in [5.41, 5.74) is 11.7. The number of rotatable bonds is 3. The Hall–Kier alpha value is -1.66. The van der Waals surface area contributed by atoms with Gasteiger partial charge in [-0.1, -0.05) is 0 Å². The quantitative estimate of drug-likeness (QED) is 0.716. The van der Waals surface area contributed by atoms with Crippen molar-refractivity contribution in [2.75, 3.05) is 11.9 Å². The molecule has 2 aliphatic rings. The van der Waals surface area contributed by atoms with E-state index in [2.05, 4.69) is 10.3 Å². The molecule has 1 aliphatic carbocycles. The van der Waals surface area contributed by atoms with Gasteiger partial charge in [0.15, 0.2) is 0 Å². The molecule has 1 amide bonds. The molecule has 2 heterocycles. The third-order valence-electron chi connectivity index (χ3n) is 4.04. The lowest BCUT2D eigenvalue weighted by Crippen LogP contribution is -2.69. The number of primary amides is 1. The van der Waals surface area contributed by atoms with Gasteiger partial charge in [0.2, 0.25) is 5.91 Å². The van der Waals surface area contributed by atoms with Gasteiger partial charge in [0, 0.05) is 24.8 Å². The van der Waals surface area contributed by atoms with Crippen LogP contribution in [-0.2, 0) is 4.74 Å². The molecule has 0 aromatic carbocycles. The molecule has 6 heteroatoms. The van der Waals surface area contributed by atoms with Gasteiger partial charge in [0.05, 0.1) is 17.7 Å². The molecular weight excluding hydrogens is 244 g/mol. The molecule has 0 bridgehead atoms. The van der Waals surface area contributed by atoms with Crippen LogP contribution < -0.4 is 16.8 Å². The molecule has 1 aromatic rings. The van der Waals surface area contributed by atoms with Crippen molar-refractivity contribution in [1.82, 2.24) is 4.98 Å². The molecule has 1 saturated heterocycles. The number of nitrogens with two attached hydrogens (primary N) is 2. The number of ether oxygens (including phenoxy) is 1. The van der Waals surface area contributed by atoms with E-state index >= 15 is 0 Å². The van der Waals surface area contributed by atoms with Crippen LogP contribution in [0.2, 0.25) is 0 Å². The van der Waals surface area contributed by atoms with E-state index in [4.69, 9.17) is 16.2 Å². The summed E-state index contributed by atoms with van der Waals surface area (Å²) < 4.78 is 5.75. The smallest absolute Gasteiger partial charge is 0.250 e. The molecule has 6 nitrogen and oxygen atoms in total. The van der Waals surface area contributed by atoms with Gasteiger partial charge in [-0.15, -0.1) is 0 Å². The zero-order valence-corrected chi connectivity index (χ0v) is 10.6. The van der Waals surface area contributed by atoms with Gasteiger partial charge < -0.3 is 21.5 Å². The number of carbonyl (C=O) groups is 1. The van der Waals surface area contributed by atoms with Gasteiger partial charge in [-0.2, -0.15) is 0 Å². The molecule has 5 N–H and O–H groups in total. The van der Waals surface area contributed by atoms with Crippen LogP contribution in [-0.4, -0.2) is 35.7 Å². The van der Waals surface area contributed by atoms with Crippen LogP contribution in [0.3, 0.4) is 0 Å². The van der Waals surface area contributed by atoms with Crippen molar-refractivity contribution in [3.63, 3.8) is 0 Å². The highest BCUT2D eigenvalue weighted by Gasteiger charge is 2.50. The Kier molecular flexibility index (Phi) is 3.12. The topological polar surface area (TPSA) is 103 Å². The Morgan fingerprint density at radius 2 is 2.32 bits per heavy atom. The Morgan fingerprint density at radius 3 is 3.00 bits per heavy atom. The first-order valence-electron chi connectivity index (χ1n) is 6.56. The van der Waals surface area contributed by atoms with Crippen LogP contribution in [0.1, 0.15) is 23.2 Å². The van der Waals surface area contributed by atoms with Crippen molar-refractivity contribution >= 4 is 11.7 Å². The maximum absolute atomic E-state index is 11.0. The number of aromatic nitrogens is 1. The number of fused-ring (bicyclic) bond motifs is 1. The zero-order chi connectivity index (χ0) is 13.4. The zero-order valence-electron chi connectivity index (χ0n) is 10.6. The van der Waals surface area contributed by atoms with Crippen LogP contribution in [0.4, 0.5) is 5.82 Å². The summed E-state index contributed by atoms with van der Waals surface area (Å²) in [7, 11) is 0. The monoisotopic (exact) mass is 262 g/mol. The van der Waals surface area contributed by atoms with Gasteiger partial charge in [-0.3, -0.25) is 4.79 Å². The van der Waals surface area contributed by atoms with Gasteiger partial charge in [-0.05, 0) is 25.0 Å². The minimum absolute atomic E-state index is 0.0947. The molecule has 3 rings (SSSR count). The van der Waals surface area contributed by atoms with Crippen molar-refractivity contribution in [3.05, 3.63) is 23.9 Å². The fourth-order valence-electron chi connectivity index (χ4n) is 2.92. The van der Waals surface area contributed by atoms with E-state index in [0.29, 0.717) is 17.3 Å². The SMILES string of the molecule is NC(=O)c1ccc(NC2C(N)C3CCCOC32)nc1. The highest BCUT2D eigenvalue weighted by Crippen LogP contribution is 2.38. The Bertz CT molecular complexity index is 476. The first-order valence-corrected chi connectivity index (χ1v) is 6.56. The minimum atomic E-state index is -0.477. The molecule has 19 heavy (non-hydrogen) atoms. The summed E-state index contributed by atoms with van der Waals surface area (Å²) in [6.07, 6.45) is 3.88. The third kappa shape index (κ3) is 2.17. The highest BCUT2D eigenvalue weighted by molar-refractivity contribution is 5.92. The van der Waals surface area contributed by atoms with E-state index in [9.17, 15) is 4.79 Å². The molecule has 102 valence electrons. The number of pyridine rings is 1. The summed E-state index contributed by atoms with van der Waals surface area (Å²) in [5, 5.41) is 3.28. The maximum atomic E-state index is 11.0. The van der Waals surface area contributed by atoms with Gasteiger partial charge in [0.25, 0.3) is 0 Å². The molecule has 1 aromatic heterocycles. The summed E-state index contributed by atoms with van der Waals surface area (Å²) in [6, 6.07) is 3.59. The Balaban J connectivity index is 1.66. The third-order valence-corrected chi connectivity index (χ3v) is 4.04. The molecule has 0 spiro atoms. The van der Waals surface area contributed by atoms with Gasteiger partial charge in [0.1, 0.15) is 5.82 Å². The van der Waals surface area contributed by atoms with Crippen molar-refractivity contribution in [3.8, 4) is 0 Å². The average molecular weight is 262 g/mol. The van der Waals surface area contributed by atoms with Crippen LogP contribution in [0.25, 0.3) is 0 Å². The fraction of sp³-hybridized carbons (Fsp3) is 0.538.